The SMILES string of the molecule is CCC(C)NC(=NC)NCCCC(C)C. The molecule has 0 saturated heterocycles. The molecule has 0 aromatic carbocycles. The molecule has 0 aliphatic heterocycles. The summed E-state index contributed by atoms with van der Waals surface area (Å²) in [5.41, 5.74) is 0. The van der Waals surface area contributed by atoms with Crippen molar-refractivity contribution >= 4 is 5.96 Å². The van der Waals surface area contributed by atoms with Crippen LogP contribution in [0.3, 0.4) is 0 Å². The van der Waals surface area contributed by atoms with E-state index in [0.717, 1.165) is 24.8 Å². The first-order chi connectivity index (χ1) is 7.10. The largest absolute Gasteiger partial charge is 0.356 e. The van der Waals surface area contributed by atoms with Gasteiger partial charge in [-0.05, 0) is 32.1 Å². The molecule has 0 aromatic heterocycles. The minimum Gasteiger partial charge on any atom is -0.356 e. The molecule has 0 bridgehead atoms. The van der Waals surface area contributed by atoms with Gasteiger partial charge in [-0.25, -0.2) is 0 Å². The summed E-state index contributed by atoms with van der Waals surface area (Å²) in [7, 11) is 1.82. The fourth-order valence-electron chi connectivity index (χ4n) is 1.25. The van der Waals surface area contributed by atoms with Crippen molar-refractivity contribution in [1.82, 2.24) is 10.6 Å². The van der Waals surface area contributed by atoms with Crippen molar-refractivity contribution in [2.45, 2.75) is 53.0 Å². The maximum absolute atomic E-state index is 4.19. The van der Waals surface area contributed by atoms with Gasteiger partial charge in [-0.15, -0.1) is 0 Å². The molecular formula is C12H27N3. The molecule has 1 unspecified atom stereocenters. The predicted molar refractivity (Wildman–Crippen MR) is 68.3 cm³/mol. The summed E-state index contributed by atoms with van der Waals surface area (Å²) in [5, 5.41) is 6.67. The highest BCUT2D eigenvalue weighted by Gasteiger charge is 2.01. The molecule has 2 N–H and O–H groups in total. The Morgan fingerprint density at radius 1 is 1.27 bits per heavy atom. The standard InChI is InChI=1S/C12H27N3/c1-6-11(4)15-12(13-5)14-9-7-8-10(2)3/h10-11H,6-9H2,1-5H3,(H2,13,14,15). The molecule has 0 heterocycles. The molecular weight excluding hydrogens is 186 g/mol. The second kappa shape index (κ2) is 8.57. The summed E-state index contributed by atoms with van der Waals surface area (Å²) in [6.45, 7) is 9.86. The summed E-state index contributed by atoms with van der Waals surface area (Å²) in [6, 6.07) is 0.487. The minimum atomic E-state index is 0.487. The molecule has 0 fully saturated rings. The average Bonchev–Trinajstić information content (AvgIpc) is 2.21. The molecule has 0 aromatic rings. The van der Waals surface area contributed by atoms with Gasteiger partial charge in [0.15, 0.2) is 5.96 Å². The van der Waals surface area contributed by atoms with Crippen LogP contribution in [-0.2, 0) is 0 Å². The number of rotatable bonds is 6. The quantitative estimate of drug-likeness (QED) is 0.404. The van der Waals surface area contributed by atoms with E-state index in [0.29, 0.717) is 6.04 Å². The number of hydrogen-bond acceptors (Lipinski definition) is 1. The molecule has 3 nitrogen and oxygen atoms in total. The summed E-state index contributed by atoms with van der Waals surface area (Å²) in [5.74, 6) is 1.71. The lowest BCUT2D eigenvalue weighted by atomic mass is 10.1. The molecule has 1 atom stereocenters. The number of nitrogens with one attached hydrogen (secondary N) is 2. The Balaban J connectivity index is 3.63. The number of aliphatic imine (C=N–C) groups is 1. The van der Waals surface area contributed by atoms with Crippen LogP contribution in [0.1, 0.15) is 47.0 Å². The van der Waals surface area contributed by atoms with Gasteiger partial charge in [0.2, 0.25) is 0 Å². The van der Waals surface area contributed by atoms with E-state index in [2.05, 4.69) is 43.3 Å². The normalized spacial score (nSPS) is 14.1. The lowest BCUT2D eigenvalue weighted by Crippen LogP contribution is -2.42. The predicted octanol–water partition coefficient (Wildman–Crippen LogP) is 2.39. The summed E-state index contributed by atoms with van der Waals surface area (Å²) in [6.07, 6.45) is 3.60. The highest BCUT2D eigenvalue weighted by Crippen LogP contribution is 2.01. The van der Waals surface area contributed by atoms with Crippen LogP contribution in [-0.4, -0.2) is 25.6 Å². The van der Waals surface area contributed by atoms with Crippen molar-refractivity contribution in [1.29, 1.82) is 0 Å². The van der Waals surface area contributed by atoms with Crippen LogP contribution in [0.5, 0.6) is 0 Å². The average molecular weight is 213 g/mol. The second-order valence-corrected chi connectivity index (χ2v) is 4.49. The van der Waals surface area contributed by atoms with Gasteiger partial charge in [-0.3, -0.25) is 4.99 Å². The third kappa shape index (κ3) is 8.28. The Labute approximate surface area is 94.7 Å². The van der Waals surface area contributed by atoms with Gasteiger partial charge in [0, 0.05) is 19.6 Å². The van der Waals surface area contributed by atoms with Crippen molar-refractivity contribution in [2.75, 3.05) is 13.6 Å². The summed E-state index contributed by atoms with van der Waals surface area (Å²) in [4.78, 5) is 4.19. The van der Waals surface area contributed by atoms with Gasteiger partial charge in [-0.2, -0.15) is 0 Å². The maximum Gasteiger partial charge on any atom is 0.191 e. The van der Waals surface area contributed by atoms with Crippen LogP contribution in [0.2, 0.25) is 0 Å². The van der Waals surface area contributed by atoms with Crippen LogP contribution in [0.25, 0.3) is 0 Å². The third-order valence-corrected chi connectivity index (χ3v) is 2.47. The van der Waals surface area contributed by atoms with E-state index in [1.54, 1.807) is 0 Å². The highest BCUT2D eigenvalue weighted by atomic mass is 15.2. The number of guanidine groups is 1. The third-order valence-electron chi connectivity index (χ3n) is 2.47. The van der Waals surface area contributed by atoms with Gasteiger partial charge >= 0.3 is 0 Å². The van der Waals surface area contributed by atoms with Crippen molar-refractivity contribution < 1.29 is 0 Å². The van der Waals surface area contributed by atoms with E-state index in [4.69, 9.17) is 0 Å². The molecule has 0 radical (unpaired) electrons. The Bertz CT molecular complexity index is 176. The molecule has 15 heavy (non-hydrogen) atoms. The van der Waals surface area contributed by atoms with Crippen LogP contribution in [0.4, 0.5) is 0 Å². The zero-order valence-electron chi connectivity index (χ0n) is 10.9. The van der Waals surface area contributed by atoms with Crippen LogP contribution < -0.4 is 10.6 Å². The smallest absolute Gasteiger partial charge is 0.191 e. The second-order valence-electron chi connectivity index (χ2n) is 4.49. The lowest BCUT2D eigenvalue weighted by Gasteiger charge is -2.16. The Hall–Kier alpha value is -0.730. The fourth-order valence-corrected chi connectivity index (χ4v) is 1.25. The Morgan fingerprint density at radius 2 is 1.93 bits per heavy atom. The van der Waals surface area contributed by atoms with Gasteiger partial charge in [0.25, 0.3) is 0 Å². The van der Waals surface area contributed by atoms with Crippen molar-refractivity contribution in [3.8, 4) is 0 Å². The highest BCUT2D eigenvalue weighted by molar-refractivity contribution is 5.79. The van der Waals surface area contributed by atoms with Gasteiger partial charge in [0.1, 0.15) is 0 Å². The maximum atomic E-state index is 4.19. The van der Waals surface area contributed by atoms with E-state index in [1.807, 2.05) is 7.05 Å². The van der Waals surface area contributed by atoms with Gasteiger partial charge in [0.05, 0.1) is 0 Å². The lowest BCUT2D eigenvalue weighted by molar-refractivity contribution is 0.545. The number of hydrogen-bond donors (Lipinski definition) is 2. The molecule has 0 aliphatic rings. The first kappa shape index (κ1) is 14.3. The molecule has 3 heteroatoms. The van der Waals surface area contributed by atoms with E-state index < -0.39 is 0 Å². The first-order valence-corrected chi connectivity index (χ1v) is 6.07. The minimum absolute atomic E-state index is 0.487. The monoisotopic (exact) mass is 213 g/mol. The van der Waals surface area contributed by atoms with Crippen LogP contribution >= 0.6 is 0 Å². The van der Waals surface area contributed by atoms with Crippen LogP contribution in [0.15, 0.2) is 4.99 Å². The van der Waals surface area contributed by atoms with E-state index in [-0.39, 0.29) is 0 Å². The molecule has 90 valence electrons. The molecule has 0 amide bonds. The zero-order chi connectivity index (χ0) is 11.7. The molecule has 0 saturated carbocycles. The topological polar surface area (TPSA) is 36.4 Å². The van der Waals surface area contributed by atoms with Gasteiger partial charge in [-0.1, -0.05) is 20.8 Å². The van der Waals surface area contributed by atoms with E-state index in [1.165, 1.54) is 12.8 Å². The van der Waals surface area contributed by atoms with E-state index in [9.17, 15) is 0 Å². The Kier molecular flexibility index (Phi) is 8.15. The first-order valence-electron chi connectivity index (χ1n) is 6.07. The van der Waals surface area contributed by atoms with Crippen LogP contribution in [0, 0.1) is 5.92 Å². The zero-order valence-corrected chi connectivity index (χ0v) is 10.9. The number of nitrogens with zero attached hydrogens (tertiary/aromatic N) is 1. The fraction of sp³-hybridized carbons (Fsp3) is 0.917. The molecule has 0 aliphatic carbocycles. The van der Waals surface area contributed by atoms with Crippen molar-refractivity contribution in [2.24, 2.45) is 10.9 Å². The molecule has 0 spiro atoms. The van der Waals surface area contributed by atoms with E-state index >= 15 is 0 Å². The van der Waals surface area contributed by atoms with Crippen molar-refractivity contribution in [3.05, 3.63) is 0 Å². The summed E-state index contributed by atoms with van der Waals surface area (Å²) < 4.78 is 0. The summed E-state index contributed by atoms with van der Waals surface area (Å²) >= 11 is 0. The molecule has 0 rings (SSSR count). The Morgan fingerprint density at radius 3 is 2.40 bits per heavy atom. The van der Waals surface area contributed by atoms with Gasteiger partial charge < -0.3 is 10.6 Å². The van der Waals surface area contributed by atoms with Crippen molar-refractivity contribution in [3.63, 3.8) is 0 Å².